The number of benzene rings is 1. The van der Waals surface area contributed by atoms with Crippen LogP contribution >= 0.6 is 15.9 Å². The lowest BCUT2D eigenvalue weighted by atomic mass is 9.66. The van der Waals surface area contributed by atoms with Gasteiger partial charge in [-0.15, -0.1) is 6.42 Å². The highest BCUT2D eigenvalue weighted by Crippen LogP contribution is 2.51. The predicted molar refractivity (Wildman–Crippen MR) is 115 cm³/mol. The average Bonchev–Trinajstić information content (AvgIpc) is 3.22. The van der Waals surface area contributed by atoms with Crippen molar-refractivity contribution < 1.29 is 19.4 Å². The van der Waals surface area contributed by atoms with E-state index in [0.717, 1.165) is 4.47 Å². The Morgan fingerprint density at radius 3 is 2.27 bits per heavy atom. The molecule has 2 N–H and O–H groups in total. The number of terminal acetylenes is 1. The van der Waals surface area contributed by atoms with Gasteiger partial charge in [0, 0.05) is 41.1 Å². The first-order chi connectivity index (χ1) is 14.5. The number of carbonyl (C=O) groups excluding carboxylic acids is 1. The van der Waals surface area contributed by atoms with Crippen molar-refractivity contribution in [3.05, 3.63) is 34.3 Å². The van der Waals surface area contributed by atoms with E-state index in [4.69, 9.17) is 15.9 Å². The van der Waals surface area contributed by atoms with E-state index in [1.54, 1.807) is 12.1 Å². The summed E-state index contributed by atoms with van der Waals surface area (Å²) in [6.45, 7) is 1.09. The van der Waals surface area contributed by atoms with Crippen LogP contribution < -0.4 is 5.32 Å². The lowest BCUT2D eigenvalue weighted by Gasteiger charge is -2.44. The Kier molecular flexibility index (Phi) is 7.23. The molecule has 1 atom stereocenters. The number of nitrogens with one attached hydrogen (secondary N) is 1. The highest BCUT2D eigenvalue weighted by Gasteiger charge is 2.53. The third kappa shape index (κ3) is 4.88. The molecule has 0 bridgehead atoms. The van der Waals surface area contributed by atoms with Gasteiger partial charge in [-0.2, -0.15) is 0 Å². The van der Waals surface area contributed by atoms with Crippen LogP contribution in [0.5, 0.6) is 0 Å². The smallest absolute Gasteiger partial charge is 0.240 e. The number of hydrogen-bond acceptors (Lipinski definition) is 4. The van der Waals surface area contributed by atoms with E-state index < -0.39 is 17.3 Å². The molecule has 0 aromatic heterocycles. The van der Waals surface area contributed by atoms with Crippen LogP contribution in [0.3, 0.4) is 0 Å². The largest absolute Gasteiger partial charge is 0.387 e. The van der Waals surface area contributed by atoms with Crippen LogP contribution in [0.2, 0.25) is 0 Å². The molecule has 0 radical (unpaired) electrons. The molecule has 30 heavy (non-hydrogen) atoms. The van der Waals surface area contributed by atoms with E-state index in [2.05, 4.69) is 62.8 Å². The summed E-state index contributed by atoms with van der Waals surface area (Å²) in [4.78, 5) is 13.2. The number of aliphatic hydroxyl groups is 1. The summed E-state index contributed by atoms with van der Waals surface area (Å²) in [6.07, 6.45) is 5.84. The molecule has 1 aliphatic carbocycles. The molecular weight excluding hydrogens is 446 g/mol. The number of carbonyl (C=O) groups is 1. The zero-order chi connectivity index (χ0) is 21.5. The monoisotopic (exact) mass is 465 g/mol. The van der Waals surface area contributed by atoms with Gasteiger partial charge in [0.25, 0.3) is 0 Å². The molecule has 2 aliphatic rings. The topological polar surface area (TPSA) is 67.8 Å². The Morgan fingerprint density at radius 1 is 1.03 bits per heavy atom. The maximum atomic E-state index is 13.2. The molecule has 1 aromatic carbocycles. The maximum absolute atomic E-state index is 13.2. The third-order valence-corrected chi connectivity index (χ3v) is 5.97. The summed E-state index contributed by atoms with van der Waals surface area (Å²) in [5.41, 5.74) is -0.394. The van der Waals surface area contributed by atoms with Crippen LogP contribution in [0.4, 0.5) is 0 Å². The first-order valence-electron chi connectivity index (χ1n) is 9.49. The van der Waals surface area contributed by atoms with E-state index in [-0.39, 0.29) is 5.91 Å². The van der Waals surface area contributed by atoms with Crippen molar-refractivity contribution in [3.63, 3.8) is 0 Å². The Morgan fingerprint density at radius 2 is 1.63 bits per heavy atom. The van der Waals surface area contributed by atoms with E-state index in [1.807, 2.05) is 12.1 Å². The minimum Gasteiger partial charge on any atom is -0.387 e. The SMILES string of the molecule is C#CC#CC#CC#CNC(=O)C1([C@@H](O)c2ccc(Br)cc2)CCC2(CC1)OCCO2. The van der Waals surface area contributed by atoms with Gasteiger partial charge in [0.1, 0.15) is 0 Å². The highest BCUT2D eigenvalue weighted by atomic mass is 79.9. The second kappa shape index (κ2) is 9.86. The van der Waals surface area contributed by atoms with Gasteiger partial charge in [0.05, 0.1) is 24.7 Å². The first kappa shape index (κ1) is 22.0. The minimum atomic E-state index is -1.06. The standard InChI is InChI=1S/C24H20BrNO4/c1-2-3-4-5-6-7-16-26-22(28)23(21(27)19-8-10-20(25)11-9-19)12-14-24(15-13-23)29-17-18-30-24/h1,8-11,21,27H,12-15,17-18H2,(H,26,28)/t21-/m0/s1. The Labute approximate surface area is 185 Å². The van der Waals surface area contributed by atoms with Crippen LogP contribution in [-0.2, 0) is 14.3 Å². The van der Waals surface area contributed by atoms with Crippen LogP contribution in [0.1, 0.15) is 37.4 Å². The maximum Gasteiger partial charge on any atom is 0.240 e. The third-order valence-electron chi connectivity index (χ3n) is 5.44. The molecule has 5 nitrogen and oxygen atoms in total. The molecule has 1 aromatic rings. The van der Waals surface area contributed by atoms with Gasteiger partial charge >= 0.3 is 0 Å². The molecule has 0 unspecified atom stereocenters. The Bertz CT molecular complexity index is 1010. The van der Waals surface area contributed by atoms with Crippen LogP contribution in [0.25, 0.3) is 0 Å². The fraction of sp³-hybridized carbons (Fsp3) is 0.375. The summed E-state index contributed by atoms with van der Waals surface area (Å²) in [5, 5.41) is 13.8. The number of aliphatic hydroxyl groups excluding tert-OH is 1. The molecule has 1 spiro atoms. The zero-order valence-corrected chi connectivity index (χ0v) is 17.8. The van der Waals surface area contributed by atoms with E-state index in [1.165, 1.54) is 0 Å². The van der Waals surface area contributed by atoms with Crippen molar-refractivity contribution in [1.82, 2.24) is 5.32 Å². The molecule has 6 heteroatoms. The van der Waals surface area contributed by atoms with Gasteiger partial charge in [0.15, 0.2) is 5.79 Å². The van der Waals surface area contributed by atoms with Gasteiger partial charge in [0.2, 0.25) is 5.91 Å². The van der Waals surface area contributed by atoms with Crippen molar-refractivity contribution >= 4 is 21.8 Å². The van der Waals surface area contributed by atoms with Crippen molar-refractivity contribution in [1.29, 1.82) is 0 Å². The number of ether oxygens (including phenoxy) is 2. The molecule has 152 valence electrons. The number of hydrogen-bond donors (Lipinski definition) is 2. The van der Waals surface area contributed by atoms with Crippen LogP contribution in [0, 0.1) is 53.4 Å². The average molecular weight is 466 g/mol. The fourth-order valence-corrected chi connectivity index (χ4v) is 4.09. The number of amides is 1. The van der Waals surface area contributed by atoms with Crippen molar-refractivity contribution in [2.24, 2.45) is 5.41 Å². The summed E-state index contributed by atoms with van der Waals surface area (Å²) < 4.78 is 12.5. The van der Waals surface area contributed by atoms with Crippen molar-refractivity contribution in [3.8, 4) is 48.0 Å². The van der Waals surface area contributed by atoms with Crippen LogP contribution in [0.15, 0.2) is 28.7 Å². The van der Waals surface area contributed by atoms with E-state index in [9.17, 15) is 9.90 Å². The minimum absolute atomic E-state index is 0.352. The van der Waals surface area contributed by atoms with Gasteiger partial charge in [-0.05, 0) is 48.3 Å². The van der Waals surface area contributed by atoms with Gasteiger partial charge < -0.3 is 14.6 Å². The molecule has 1 heterocycles. The quantitative estimate of drug-likeness (QED) is 0.531. The summed E-state index contributed by atoms with van der Waals surface area (Å²) in [5.74, 6) is 13.4. The van der Waals surface area contributed by atoms with Gasteiger partial charge in [-0.3, -0.25) is 10.1 Å². The highest BCUT2D eigenvalue weighted by molar-refractivity contribution is 9.10. The summed E-state index contributed by atoms with van der Waals surface area (Å²) >= 11 is 3.39. The second-order valence-electron chi connectivity index (χ2n) is 7.07. The molecule has 1 saturated carbocycles. The summed E-state index contributed by atoms with van der Waals surface area (Å²) in [6, 6.07) is 9.82. The second-order valence-corrected chi connectivity index (χ2v) is 7.98. The first-order valence-corrected chi connectivity index (χ1v) is 10.3. The summed E-state index contributed by atoms with van der Waals surface area (Å²) in [7, 11) is 0. The van der Waals surface area contributed by atoms with Crippen molar-refractivity contribution in [2.75, 3.05) is 13.2 Å². The van der Waals surface area contributed by atoms with Gasteiger partial charge in [-0.1, -0.05) is 28.1 Å². The Balaban J connectivity index is 1.81. The van der Waals surface area contributed by atoms with E-state index >= 15 is 0 Å². The molecule has 3 rings (SSSR count). The Hall–Kier alpha value is -2.71. The molecular formula is C24H20BrNO4. The van der Waals surface area contributed by atoms with Gasteiger partial charge in [-0.25, -0.2) is 0 Å². The lowest BCUT2D eigenvalue weighted by molar-refractivity contribution is -0.202. The molecule has 1 saturated heterocycles. The normalized spacial score (nSPS) is 19.0. The van der Waals surface area contributed by atoms with Crippen LogP contribution in [-0.4, -0.2) is 30.0 Å². The molecule has 1 amide bonds. The zero-order valence-electron chi connectivity index (χ0n) is 16.3. The number of halogens is 1. The predicted octanol–water partition coefficient (Wildman–Crippen LogP) is 2.50. The number of rotatable bonds is 3. The van der Waals surface area contributed by atoms with E-state index in [0.29, 0.717) is 44.5 Å². The lowest BCUT2D eigenvalue weighted by Crippen LogP contribution is -2.50. The molecule has 1 aliphatic heterocycles. The van der Waals surface area contributed by atoms with Crippen molar-refractivity contribution in [2.45, 2.75) is 37.6 Å². The molecule has 2 fully saturated rings. The fourth-order valence-electron chi connectivity index (χ4n) is 3.83.